The number of nitrogens with zero attached hydrogens (tertiary/aromatic N) is 2. The van der Waals surface area contributed by atoms with Crippen molar-refractivity contribution in [2.75, 3.05) is 12.0 Å². The standard InChI is InChI=1S/C16H20N2O2S/c1-10(9-21-2)8-18-13-5-3-4-12(16(19)20)14(13)17-15(18)11-6-7-11/h3-5,10-11H,6-9H2,1-2H3,(H,19,20). The van der Waals surface area contributed by atoms with Crippen LogP contribution in [0.5, 0.6) is 0 Å². The highest BCUT2D eigenvalue weighted by Gasteiger charge is 2.30. The number of hydrogen-bond acceptors (Lipinski definition) is 3. The molecule has 1 saturated carbocycles. The second-order valence-electron chi connectivity index (χ2n) is 5.89. The van der Waals surface area contributed by atoms with Crippen LogP contribution >= 0.6 is 11.8 Å². The zero-order valence-corrected chi connectivity index (χ0v) is 13.2. The van der Waals surface area contributed by atoms with E-state index in [2.05, 4.69) is 22.7 Å². The average molecular weight is 304 g/mol. The molecule has 2 aromatic rings. The Kier molecular flexibility index (Phi) is 3.93. The van der Waals surface area contributed by atoms with Crippen LogP contribution in [0.3, 0.4) is 0 Å². The number of fused-ring (bicyclic) bond motifs is 1. The first-order valence-electron chi connectivity index (χ1n) is 7.33. The summed E-state index contributed by atoms with van der Waals surface area (Å²) >= 11 is 1.85. The number of hydrogen-bond donors (Lipinski definition) is 1. The van der Waals surface area contributed by atoms with Gasteiger partial charge in [0.15, 0.2) is 0 Å². The molecular formula is C16H20N2O2S. The van der Waals surface area contributed by atoms with Crippen LogP contribution in [0.15, 0.2) is 18.2 Å². The number of carbonyl (C=O) groups is 1. The minimum absolute atomic E-state index is 0.311. The third-order valence-electron chi connectivity index (χ3n) is 3.93. The fourth-order valence-corrected chi connectivity index (χ4v) is 3.51. The van der Waals surface area contributed by atoms with Gasteiger partial charge in [-0.3, -0.25) is 0 Å². The highest BCUT2D eigenvalue weighted by molar-refractivity contribution is 7.98. The van der Waals surface area contributed by atoms with Crippen molar-refractivity contribution in [1.29, 1.82) is 0 Å². The second kappa shape index (κ2) is 5.72. The Morgan fingerprint density at radius 3 is 2.90 bits per heavy atom. The molecule has 0 radical (unpaired) electrons. The molecule has 1 fully saturated rings. The molecule has 1 unspecified atom stereocenters. The Balaban J connectivity index is 2.09. The van der Waals surface area contributed by atoms with Gasteiger partial charge in [0.1, 0.15) is 11.3 Å². The van der Waals surface area contributed by atoms with E-state index in [9.17, 15) is 9.90 Å². The smallest absolute Gasteiger partial charge is 0.337 e. The van der Waals surface area contributed by atoms with Gasteiger partial charge < -0.3 is 9.67 Å². The van der Waals surface area contributed by atoms with E-state index in [1.807, 2.05) is 23.9 Å². The molecule has 0 saturated heterocycles. The number of carboxylic acid groups (broad SMARTS) is 1. The quantitative estimate of drug-likeness (QED) is 0.885. The maximum Gasteiger partial charge on any atom is 0.337 e. The van der Waals surface area contributed by atoms with E-state index in [1.54, 1.807) is 6.07 Å². The minimum atomic E-state index is -0.898. The number of benzene rings is 1. The maximum atomic E-state index is 11.4. The van der Waals surface area contributed by atoms with Crippen LogP contribution in [0.1, 0.15) is 41.9 Å². The molecule has 1 aliphatic rings. The molecule has 1 N–H and O–H groups in total. The molecule has 1 aliphatic carbocycles. The largest absolute Gasteiger partial charge is 0.478 e. The molecule has 1 atom stereocenters. The van der Waals surface area contributed by atoms with Crippen molar-refractivity contribution in [3.05, 3.63) is 29.6 Å². The zero-order chi connectivity index (χ0) is 15.0. The average Bonchev–Trinajstić information content (AvgIpc) is 3.22. The lowest BCUT2D eigenvalue weighted by Crippen LogP contribution is -2.12. The summed E-state index contributed by atoms with van der Waals surface area (Å²) < 4.78 is 2.25. The van der Waals surface area contributed by atoms with E-state index in [4.69, 9.17) is 0 Å². The van der Waals surface area contributed by atoms with Crippen molar-refractivity contribution in [3.8, 4) is 0 Å². The van der Waals surface area contributed by atoms with E-state index >= 15 is 0 Å². The molecular weight excluding hydrogens is 284 g/mol. The van der Waals surface area contributed by atoms with Crippen molar-refractivity contribution >= 4 is 28.8 Å². The molecule has 0 aliphatic heterocycles. The van der Waals surface area contributed by atoms with E-state index in [1.165, 1.54) is 12.8 Å². The molecule has 21 heavy (non-hydrogen) atoms. The summed E-state index contributed by atoms with van der Waals surface area (Å²) in [5, 5.41) is 9.35. The van der Waals surface area contributed by atoms with Crippen molar-refractivity contribution in [3.63, 3.8) is 0 Å². The predicted molar refractivity (Wildman–Crippen MR) is 86.2 cm³/mol. The fourth-order valence-electron chi connectivity index (χ4n) is 2.83. The molecule has 112 valence electrons. The topological polar surface area (TPSA) is 55.1 Å². The molecule has 5 heteroatoms. The maximum absolute atomic E-state index is 11.4. The van der Waals surface area contributed by atoms with Crippen LogP contribution < -0.4 is 0 Å². The molecule has 0 amide bonds. The van der Waals surface area contributed by atoms with Crippen LogP contribution in [-0.4, -0.2) is 32.6 Å². The Morgan fingerprint density at radius 2 is 2.29 bits per heavy atom. The predicted octanol–water partition coefficient (Wildman–Crippen LogP) is 3.61. The number of aromatic carboxylic acids is 1. The normalized spacial score (nSPS) is 16.3. The first-order chi connectivity index (χ1) is 10.1. The number of carboxylic acids is 1. The highest BCUT2D eigenvalue weighted by atomic mass is 32.2. The molecule has 1 heterocycles. The van der Waals surface area contributed by atoms with Crippen molar-refractivity contribution in [2.24, 2.45) is 5.92 Å². The van der Waals surface area contributed by atoms with Crippen LogP contribution in [0.4, 0.5) is 0 Å². The summed E-state index contributed by atoms with van der Waals surface area (Å²) in [6, 6.07) is 5.45. The number of para-hydroxylation sites is 1. The van der Waals surface area contributed by atoms with Gasteiger partial charge in [0.05, 0.1) is 11.1 Å². The molecule has 1 aromatic carbocycles. The van der Waals surface area contributed by atoms with Gasteiger partial charge in [0.2, 0.25) is 0 Å². The Bertz CT molecular complexity index is 676. The number of imidazole rings is 1. The van der Waals surface area contributed by atoms with Crippen molar-refractivity contribution in [2.45, 2.75) is 32.2 Å². The van der Waals surface area contributed by atoms with Gasteiger partial charge >= 0.3 is 5.97 Å². The lowest BCUT2D eigenvalue weighted by Gasteiger charge is -2.14. The third-order valence-corrected chi connectivity index (χ3v) is 4.83. The summed E-state index contributed by atoms with van der Waals surface area (Å²) in [6.07, 6.45) is 4.46. The van der Waals surface area contributed by atoms with Gasteiger partial charge in [-0.25, -0.2) is 9.78 Å². The van der Waals surface area contributed by atoms with Crippen LogP contribution in [0.2, 0.25) is 0 Å². The molecule has 0 spiro atoms. The minimum Gasteiger partial charge on any atom is -0.478 e. The number of aromatic nitrogens is 2. The molecule has 3 rings (SSSR count). The van der Waals surface area contributed by atoms with Gasteiger partial charge in [-0.15, -0.1) is 0 Å². The van der Waals surface area contributed by atoms with Gasteiger partial charge in [0.25, 0.3) is 0 Å². The van der Waals surface area contributed by atoms with Crippen molar-refractivity contribution in [1.82, 2.24) is 9.55 Å². The summed E-state index contributed by atoms with van der Waals surface area (Å²) in [7, 11) is 0. The Morgan fingerprint density at radius 1 is 1.52 bits per heavy atom. The fraction of sp³-hybridized carbons (Fsp3) is 0.500. The second-order valence-corrected chi connectivity index (χ2v) is 6.80. The molecule has 1 aromatic heterocycles. The van der Waals surface area contributed by atoms with Crippen LogP contribution in [0.25, 0.3) is 11.0 Å². The summed E-state index contributed by atoms with van der Waals surface area (Å²) in [5.41, 5.74) is 1.92. The highest BCUT2D eigenvalue weighted by Crippen LogP contribution is 2.41. The van der Waals surface area contributed by atoms with Gasteiger partial charge in [-0.2, -0.15) is 11.8 Å². The number of thioether (sulfide) groups is 1. The summed E-state index contributed by atoms with van der Waals surface area (Å²) in [5.74, 6) is 2.34. The van der Waals surface area contributed by atoms with Gasteiger partial charge in [0, 0.05) is 12.5 Å². The lowest BCUT2D eigenvalue weighted by atomic mass is 10.1. The summed E-state index contributed by atoms with van der Waals surface area (Å²) in [6.45, 7) is 3.15. The first kappa shape index (κ1) is 14.4. The van der Waals surface area contributed by atoms with E-state index in [-0.39, 0.29) is 0 Å². The lowest BCUT2D eigenvalue weighted by molar-refractivity contribution is 0.0699. The summed E-state index contributed by atoms with van der Waals surface area (Å²) in [4.78, 5) is 16.1. The third kappa shape index (κ3) is 2.79. The van der Waals surface area contributed by atoms with Gasteiger partial charge in [-0.05, 0) is 42.9 Å². The van der Waals surface area contributed by atoms with Crippen LogP contribution in [0, 0.1) is 5.92 Å². The Hall–Kier alpha value is -1.49. The van der Waals surface area contributed by atoms with E-state index in [0.717, 1.165) is 23.6 Å². The molecule has 4 nitrogen and oxygen atoms in total. The van der Waals surface area contributed by atoms with Crippen LogP contribution in [-0.2, 0) is 6.54 Å². The number of rotatable bonds is 6. The van der Waals surface area contributed by atoms with E-state index < -0.39 is 5.97 Å². The molecule has 0 bridgehead atoms. The Labute approximate surface area is 128 Å². The van der Waals surface area contributed by atoms with Gasteiger partial charge in [-0.1, -0.05) is 13.0 Å². The first-order valence-corrected chi connectivity index (χ1v) is 8.72. The zero-order valence-electron chi connectivity index (χ0n) is 12.4. The van der Waals surface area contributed by atoms with E-state index in [0.29, 0.717) is 22.9 Å². The monoisotopic (exact) mass is 304 g/mol. The SMILES string of the molecule is CSCC(C)Cn1c(C2CC2)nc2c(C(=O)O)cccc21. The van der Waals surface area contributed by atoms with Crippen molar-refractivity contribution < 1.29 is 9.90 Å².